The molecule has 2 heterocycles. The summed E-state index contributed by atoms with van der Waals surface area (Å²) in [5.41, 5.74) is 0.607. The van der Waals surface area contributed by atoms with Crippen LogP contribution in [0.2, 0.25) is 0 Å². The molecule has 0 bridgehead atoms. The Hall–Kier alpha value is -2.02. The van der Waals surface area contributed by atoms with E-state index in [1.807, 2.05) is 0 Å². The number of likely N-dealkylation sites (tertiary alicyclic amines) is 1. The van der Waals surface area contributed by atoms with Crippen LogP contribution >= 0.6 is 11.3 Å². The first-order chi connectivity index (χ1) is 11.2. The van der Waals surface area contributed by atoms with E-state index in [2.05, 4.69) is 22.4 Å². The fourth-order valence-electron chi connectivity index (χ4n) is 2.64. The second-order valence-corrected chi connectivity index (χ2v) is 6.68. The zero-order valence-electron chi connectivity index (χ0n) is 13.0. The first-order valence-electron chi connectivity index (χ1n) is 7.79. The van der Waals surface area contributed by atoms with Gasteiger partial charge in [0.2, 0.25) is 0 Å². The Kier molecular flexibility index (Phi) is 4.85. The minimum absolute atomic E-state index is 0.137. The van der Waals surface area contributed by atoms with E-state index in [-0.39, 0.29) is 11.8 Å². The maximum Gasteiger partial charge on any atom is 0.321 e. The molecule has 1 fully saturated rings. The number of carbonyl (C=O) groups is 1. The Morgan fingerprint density at radius 1 is 1.30 bits per heavy atom. The normalized spacial score (nSPS) is 15.7. The van der Waals surface area contributed by atoms with Crippen molar-refractivity contribution in [3.8, 4) is 0 Å². The standard InChI is InChI=1S/C16H19FN4OS/c1-2-14-19-20-15(23-14)11-7-9-21(10-8-11)16(22)18-13-5-3-12(17)4-6-13/h3-6,11H,2,7-10H2,1H3,(H,18,22). The molecule has 1 aromatic heterocycles. The van der Waals surface area contributed by atoms with Crippen LogP contribution in [0.5, 0.6) is 0 Å². The van der Waals surface area contributed by atoms with Crippen LogP contribution in [0.3, 0.4) is 0 Å². The lowest BCUT2D eigenvalue weighted by Gasteiger charge is -2.30. The van der Waals surface area contributed by atoms with E-state index >= 15 is 0 Å². The molecule has 1 aromatic carbocycles. The zero-order valence-corrected chi connectivity index (χ0v) is 13.8. The number of rotatable bonds is 3. The summed E-state index contributed by atoms with van der Waals surface area (Å²) in [6.07, 6.45) is 2.71. The predicted octanol–water partition coefficient (Wildman–Crippen LogP) is 3.65. The van der Waals surface area contributed by atoms with E-state index in [4.69, 9.17) is 0 Å². The van der Waals surface area contributed by atoms with Crippen LogP contribution in [0.1, 0.15) is 35.7 Å². The van der Waals surface area contributed by atoms with Crippen molar-refractivity contribution in [1.82, 2.24) is 15.1 Å². The highest BCUT2D eigenvalue weighted by atomic mass is 32.1. The third-order valence-corrected chi connectivity index (χ3v) is 5.24. The average Bonchev–Trinajstić information content (AvgIpc) is 3.06. The first kappa shape index (κ1) is 15.9. The lowest BCUT2D eigenvalue weighted by molar-refractivity contribution is 0.194. The lowest BCUT2D eigenvalue weighted by atomic mass is 9.98. The van der Waals surface area contributed by atoms with Crippen LogP contribution in [0.25, 0.3) is 0 Å². The van der Waals surface area contributed by atoms with Gasteiger partial charge in [-0.1, -0.05) is 6.92 Å². The third-order valence-electron chi connectivity index (χ3n) is 4.01. The van der Waals surface area contributed by atoms with Crippen LogP contribution in [-0.2, 0) is 6.42 Å². The van der Waals surface area contributed by atoms with Crippen molar-refractivity contribution in [1.29, 1.82) is 0 Å². The van der Waals surface area contributed by atoms with Crippen molar-refractivity contribution < 1.29 is 9.18 Å². The van der Waals surface area contributed by atoms with E-state index in [1.54, 1.807) is 28.4 Å². The topological polar surface area (TPSA) is 58.1 Å². The average molecular weight is 334 g/mol. The maximum atomic E-state index is 12.9. The molecule has 1 aliphatic rings. The van der Waals surface area contributed by atoms with Crippen molar-refractivity contribution >= 4 is 23.1 Å². The molecule has 0 radical (unpaired) electrons. The molecule has 1 aliphatic heterocycles. The summed E-state index contributed by atoms with van der Waals surface area (Å²) in [5, 5.41) is 13.4. The second-order valence-electron chi connectivity index (χ2n) is 5.59. The molecular formula is C16H19FN4OS. The first-order valence-corrected chi connectivity index (χ1v) is 8.61. The summed E-state index contributed by atoms with van der Waals surface area (Å²) in [7, 11) is 0. The number of anilines is 1. The molecule has 5 nitrogen and oxygen atoms in total. The molecular weight excluding hydrogens is 315 g/mol. The molecule has 0 aliphatic carbocycles. The molecule has 0 spiro atoms. The largest absolute Gasteiger partial charge is 0.324 e. The Morgan fingerprint density at radius 2 is 2.00 bits per heavy atom. The van der Waals surface area contributed by atoms with Gasteiger partial charge in [-0.05, 0) is 43.5 Å². The highest BCUT2D eigenvalue weighted by molar-refractivity contribution is 7.11. The van der Waals surface area contributed by atoms with Gasteiger partial charge in [-0.25, -0.2) is 9.18 Å². The molecule has 1 N–H and O–H groups in total. The molecule has 2 aromatic rings. The number of benzene rings is 1. The van der Waals surface area contributed by atoms with Gasteiger partial charge in [-0.2, -0.15) is 0 Å². The van der Waals surface area contributed by atoms with Gasteiger partial charge in [0, 0.05) is 24.7 Å². The van der Waals surface area contributed by atoms with E-state index < -0.39 is 0 Å². The minimum atomic E-state index is -0.313. The van der Waals surface area contributed by atoms with E-state index in [1.165, 1.54) is 12.1 Å². The van der Waals surface area contributed by atoms with Crippen LogP contribution in [0, 0.1) is 5.82 Å². The number of halogens is 1. The van der Waals surface area contributed by atoms with Crippen molar-refractivity contribution in [3.63, 3.8) is 0 Å². The van der Waals surface area contributed by atoms with Crippen molar-refractivity contribution in [3.05, 3.63) is 40.1 Å². The number of carbonyl (C=O) groups excluding carboxylic acids is 1. The number of urea groups is 1. The summed E-state index contributed by atoms with van der Waals surface area (Å²) >= 11 is 1.68. The van der Waals surface area contributed by atoms with Crippen LogP contribution in [0.15, 0.2) is 24.3 Å². The van der Waals surface area contributed by atoms with Crippen molar-refractivity contribution in [2.24, 2.45) is 0 Å². The number of hydrogen-bond donors (Lipinski definition) is 1. The van der Waals surface area contributed by atoms with Gasteiger partial charge in [0.05, 0.1) is 0 Å². The van der Waals surface area contributed by atoms with Crippen LogP contribution in [0.4, 0.5) is 14.9 Å². The summed E-state index contributed by atoms with van der Waals surface area (Å²) in [6, 6.07) is 5.66. The highest BCUT2D eigenvalue weighted by Crippen LogP contribution is 2.30. The molecule has 7 heteroatoms. The molecule has 23 heavy (non-hydrogen) atoms. The van der Waals surface area contributed by atoms with E-state index in [0.717, 1.165) is 29.3 Å². The molecule has 0 atom stereocenters. The Balaban J connectivity index is 1.53. The Bertz CT molecular complexity index is 665. The van der Waals surface area contributed by atoms with Gasteiger partial charge >= 0.3 is 6.03 Å². The van der Waals surface area contributed by atoms with Crippen molar-refractivity contribution in [2.45, 2.75) is 32.1 Å². The summed E-state index contributed by atoms with van der Waals surface area (Å²) < 4.78 is 12.9. The molecule has 0 unspecified atom stereocenters. The van der Waals surface area contributed by atoms with Gasteiger partial charge in [-0.15, -0.1) is 21.5 Å². The quantitative estimate of drug-likeness (QED) is 0.932. The van der Waals surface area contributed by atoms with Gasteiger partial charge in [-0.3, -0.25) is 0 Å². The van der Waals surface area contributed by atoms with Gasteiger partial charge in [0.1, 0.15) is 15.8 Å². The van der Waals surface area contributed by atoms with Gasteiger partial charge in [0.15, 0.2) is 0 Å². The highest BCUT2D eigenvalue weighted by Gasteiger charge is 2.26. The number of piperidine rings is 1. The van der Waals surface area contributed by atoms with Crippen molar-refractivity contribution in [2.75, 3.05) is 18.4 Å². The molecule has 122 valence electrons. The SMILES string of the molecule is CCc1nnc(C2CCN(C(=O)Nc3ccc(F)cc3)CC2)s1. The smallest absolute Gasteiger partial charge is 0.321 e. The van der Waals surface area contributed by atoms with E-state index in [9.17, 15) is 9.18 Å². The number of nitrogens with one attached hydrogen (secondary N) is 1. The Labute approximate surface area is 138 Å². The number of aromatic nitrogens is 2. The van der Waals surface area contributed by atoms with Gasteiger partial charge in [0.25, 0.3) is 0 Å². The molecule has 0 saturated carbocycles. The maximum absolute atomic E-state index is 12.9. The minimum Gasteiger partial charge on any atom is -0.324 e. The fraction of sp³-hybridized carbons (Fsp3) is 0.438. The molecule has 2 amide bonds. The summed E-state index contributed by atoms with van der Waals surface area (Å²) in [4.78, 5) is 14.0. The molecule has 1 saturated heterocycles. The summed E-state index contributed by atoms with van der Waals surface area (Å²) in [6.45, 7) is 3.46. The number of amides is 2. The second kappa shape index (κ2) is 7.04. The number of nitrogens with zero attached hydrogens (tertiary/aromatic N) is 3. The lowest BCUT2D eigenvalue weighted by Crippen LogP contribution is -2.40. The fourth-order valence-corrected chi connectivity index (χ4v) is 3.59. The van der Waals surface area contributed by atoms with Crippen LogP contribution in [-0.4, -0.2) is 34.2 Å². The Morgan fingerprint density at radius 3 is 2.61 bits per heavy atom. The van der Waals surface area contributed by atoms with E-state index in [0.29, 0.717) is 24.7 Å². The monoisotopic (exact) mass is 334 g/mol. The third kappa shape index (κ3) is 3.85. The molecule has 3 rings (SSSR count). The van der Waals surface area contributed by atoms with Gasteiger partial charge < -0.3 is 10.2 Å². The summed E-state index contributed by atoms with van der Waals surface area (Å²) in [5.74, 6) is 0.0787. The number of hydrogen-bond acceptors (Lipinski definition) is 4. The zero-order chi connectivity index (χ0) is 16.2. The van der Waals surface area contributed by atoms with Crippen LogP contribution < -0.4 is 5.32 Å². The number of aryl methyl sites for hydroxylation is 1. The predicted molar refractivity (Wildman–Crippen MR) is 88.3 cm³/mol.